The second-order valence-corrected chi connectivity index (χ2v) is 9.22. The summed E-state index contributed by atoms with van der Waals surface area (Å²) in [6.07, 6.45) is 14.1. The molecule has 0 bridgehead atoms. The van der Waals surface area contributed by atoms with Crippen molar-refractivity contribution in [3.05, 3.63) is 0 Å². The first-order valence-electron chi connectivity index (χ1n) is 10.9. The van der Waals surface area contributed by atoms with Gasteiger partial charge in [0.2, 0.25) is 5.91 Å². The summed E-state index contributed by atoms with van der Waals surface area (Å²) in [5, 5.41) is 10.5. The molecule has 2 aliphatic carbocycles. The van der Waals surface area contributed by atoms with Gasteiger partial charge in [0.25, 0.3) is 0 Å². The number of rotatable bonds is 3. The number of amides is 1. The van der Waals surface area contributed by atoms with Gasteiger partial charge < -0.3 is 10.0 Å². The zero-order valence-corrected chi connectivity index (χ0v) is 16.0. The number of likely N-dealkylation sites (tertiary alicyclic amines) is 2. The first-order chi connectivity index (χ1) is 12.1. The molecule has 4 heteroatoms. The molecule has 4 fully saturated rings. The van der Waals surface area contributed by atoms with Crippen LogP contribution in [0.1, 0.15) is 84.0 Å². The maximum Gasteiger partial charge on any atom is 0.243 e. The molecule has 2 heterocycles. The lowest BCUT2D eigenvalue weighted by Crippen LogP contribution is -2.56. The van der Waals surface area contributed by atoms with Gasteiger partial charge >= 0.3 is 0 Å². The van der Waals surface area contributed by atoms with Gasteiger partial charge in [-0.1, -0.05) is 38.5 Å². The molecule has 1 amide bonds. The van der Waals surface area contributed by atoms with Crippen molar-refractivity contribution in [2.24, 2.45) is 5.92 Å². The minimum absolute atomic E-state index is 0.332. The number of aliphatic hydroxyl groups excluding tert-OH is 1. The Bertz CT molecular complexity index is 484. The van der Waals surface area contributed by atoms with E-state index in [1.807, 2.05) is 0 Å². The Labute approximate surface area is 152 Å². The molecule has 0 aromatic rings. The molecule has 4 rings (SSSR count). The quantitative estimate of drug-likeness (QED) is 0.851. The average Bonchev–Trinajstić information content (AvgIpc) is 3.16. The third-order valence-corrected chi connectivity index (χ3v) is 7.79. The molecule has 4 aliphatic rings. The van der Waals surface area contributed by atoms with E-state index in [-0.39, 0.29) is 6.10 Å². The van der Waals surface area contributed by atoms with Gasteiger partial charge in [-0.3, -0.25) is 9.69 Å². The van der Waals surface area contributed by atoms with Crippen LogP contribution in [0.25, 0.3) is 0 Å². The highest BCUT2D eigenvalue weighted by Gasteiger charge is 2.58. The number of hydrogen-bond acceptors (Lipinski definition) is 3. The van der Waals surface area contributed by atoms with Crippen LogP contribution in [-0.2, 0) is 4.79 Å². The minimum Gasteiger partial charge on any atom is -0.392 e. The Kier molecular flexibility index (Phi) is 5.11. The maximum atomic E-state index is 13.5. The fraction of sp³-hybridized carbons (Fsp3) is 0.952. The molecule has 0 aromatic carbocycles. The van der Waals surface area contributed by atoms with E-state index in [9.17, 15) is 9.90 Å². The summed E-state index contributed by atoms with van der Waals surface area (Å²) >= 11 is 0. The smallest absolute Gasteiger partial charge is 0.243 e. The predicted molar refractivity (Wildman–Crippen MR) is 99.3 cm³/mol. The van der Waals surface area contributed by atoms with E-state index >= 15 is 0 Å². The summed E-state index contributed by atoms with van der Waals surface area (Å²) in [6, 6.07) is 0.887. The van der Waals surface area contributed by atoms with Crippen molar-refractivity contribution >= 4 is 5.91 Å². The van der Waals surface area contributed by atoms with E-state index in [2.05, 4.69) is 16.7 Å². The molecule has 0 radical (unpaired) electrons. The molecule has 4 nitrogen and oxygen atoms in total. The summed E-state index contributed by atoms with van der Waals surface area (Å²) in [4.78, 5) is 18.2. The fourth-order valence-electron chi connectivity index (χ4n) is 6.38. The lowest BCUT2D eigenvalue weighted by atomic mass is 9.82. The van der Waals surface area contributed by atoms with Crippen molar-refractivity contribution in [3.63, 3.8) is 0 Å². The number of β-amino-alcohol motifs (C(OH)–C–C–N with tert-alkyl or cyclic N) is 1. The average molecular weight is 349 g/mol. The summed E-state index contributed by atoms with van der Waals surface area (Å²) in [5.41, 5.74) is -0.395. The van der Waals surface area contributed by atoms with E-state index in [0.29, 0.717) is 36.9 Å². The van der Waals surface area contributed by atoms with Crippen LogP contribution in [0.2, 0.25) is 0 Å². The lowest BCUT2D eigenvalue weighted by Gasteiger charge is -2.42. The van der Waals surface area contributed by atoms with Gasteiger partial charge in [0, 0.05) is 31.6 Å². The minimum atomic E-state index is -0.395. The van der Waals surface area contributed by atoms with Gasteiger partial charge in [-0.15, -0.1) is 0 Å². The van der Waals surface area contributed by atoms with Crippen molar-refractivity contribution in [3.8, 4) is 0 Å². The number of carbonyl (C=O) groups is 1. The van der Waals surface area contributed by atoms with E-state index in [0.717, 1.165) is 13.0 Å². The van der Waals surface area contributed by atoms with Crippen LogP contribution in [0.4, 0.5) is 0 Å². The third kappa shape index (κ3) is 3.14. The molecule has 1 N–H and O–H groups in total. The van der Waals surface area contributed by atoms with Crippen LogP contribution in [0.5, 0.6) is 0 Å². The number of nitrogens with zero attached hydrogens (tertiary/aromatic N) is 2. The standard InChI is InChI=1S/C21H36N2O2/c1-16(17-8-4-2-5-9-17)23-15-19(24)14-21(23)12-13-22(20(21)25)18-10-6-3-7-11-18/h16-19,24H,2-15H2,1H3/t16?,19-,21+/m1/s1. The molecular formula is C21H36N2O2. The number of carbonyl (C=O) groups excluding carboxylic acids is 1. The third-order valence-electron chi connectivity index (χ3n) is 7.79. The molecule has 1 spiro atoms. The Morgan fingerprint density at radius 3 is 2.36 bits per heavy atom. The largest absolute Gasteiger partial charge is 0.392 e. The van der Waals surface area contributed by atoms with E-state index < -0.39 is 5.54 Å². The summed E-state index contributed by atoms with van der Waals surface area (Å²) in [7, 11) is 0. The van der Waals surface area contributed by atoms with E-state index in [4.69, 9.17) is 0 Å². The number of hydrogen-bond donors (Lipinski definition) is 1. The number of aliphatic hydroxyl groups is 1. The summed E-state index contributed by atoms with van der Waals surface area (Å²) in [5.74, 6) is 1.05. The topological polar surface area (TPSA) is 43.8 Å². The second kappa shape index (κ2) is 7.19. The fourth-order valence-corrected chi connectivity index (χ4v) is 6.38. The van der Waals surface area contributed by atoms with Crippen LogP contribution in [0, 0.1) is 5.92 Å². The van der Waals surface area contributed by atoms with Crippen LogP contribution in [-0.4, -0.2) is 57.6 Å². The first-order valence-corrected chi connectivity index (χ1v) is 10.9. The Morgan fingerprint density at radius 2 is 1.68 bits per heavy atom. The Morgan fingerprint density at radius 1 is 1.04 bits per heavy atom. The lowest BCUT2D eigenvalue weighted by molar-refractivity contribution is -0.140. The monoisotopic (exact) mass is 348 g/mol. The van der Waals surface area contributed by atoms with Crippen LogP contribution >= 0.6 is 0 Å². The molecule has 3 atom stereocenters. The highest BCUT2D eigenvalue weighted by Crippen LogP contribution is 2.44. The van der Waals surface area contributed by atoms with Gasteiger partial charge in [-0.25, -0.2) is 0 Å². The normalized spacial score (nSPS) is 37.3. The van der Waals surface area contributed by atoms with Crippen molar-refractivity contribution in [2.75, 3.05) is 13.1 Å². The Hall–Kier alpha value is -0.610. The zero-order valence-electron chi connectivity index (χ0n) is 16.0. The van der Waals surface area contributed by atoms with Gasteiger partial charge in [-0.2, -0.15) is 0 Å². The van der Waals surface area contributed by atoms with Gasteiger partial charge in [0.05, 0.1) is 6.10 Å². The SMILES string of the molecule is CC(C1CCCCC1)N1C[C@H](O)C[C@]12CCN(C1CCCCC1)C2=O. The van der Waals surface area contributed by atoms with Gasteiger partial charge in [0.15, 0.2) is 0 Å². The highest BCUT2D eigenvalue weighted by molar-refractivity contribution is 5.89. The molecule has 25 heavy (non-hydrogen) atoms. The molecule has 2 saturated heterocycles. The maximum absolute atomic E-state index is 13.5. The Balaban J connectivity index is 1.52. The molecule has 142 valence electrons. The van der Waals surface area contributed by atoms with Gasteiger partial charge in [0.1, 0.15) is 5.54 Å². The van der Waals surface area contributed by atoms with Crippen molar-refractivity contribution in [1.82, 2.24) is 9.80 Å². The second-order valence-electron chi connectivity index (χ2n) is 9.22. The van der Waals surface area contributed by atoms with Crippen LogP contribution in [0.15, 0.2) is 0 Å². The molecule has 0 aromatic heterocycles. The molecular weight excluding hydrogens is 312 g/mol. The zero-order chi connectivity index (χ0) is 17.4. The first kappa shape index (κ1) is 17.8. The van der Waals surface area contributed by atoms with E-state index in [1.54, 1.807) is 0 Å². The molecule has 2 saturated carbocycles. The van der Waals surface area contributed by atoms with Crippen LogP contribution in [0.3, 0.4) is 0 Å². The van der Waals surface area contributed by atoms with Crippen molar-refractivity contribution in [2.45, 2.75) is 108 Å². The predicted octanol–water partition coefficient (Wildman–Crippen LogP) is 3.33. The summed E-state index contributed by atoms with van der Waals surface area (Å²) in [6.45, 7) is 3.93. The van der Waals surface area contributed by atoms with Crippen molar-refractivity contribution < 1.29 is 9.90 Å². The van der Waals surface area contributed by atoms with Crippen LogP contribution < -0.4 is 0 Å². The molecule has 2 aliphatic heterocycles. The van der Waals surface area contributed by atoms with E-state index in [1.165, 1.54) is 64.2 Å². The van der Waals surface area contributed by atoms with Gasteiger partial charge in [-0.05, 0) is 44.9 Å². The summed E-state index contributed by atoms with van der Waals surface area (Å²) < 4.78 is 0. The van der Waals surface area contributed by atoms with Crippen molar-refractivity contribution in [1.29, 1.82) is 0 Å². The molecule has 1 unspecified atom stereocenters. The highest BCUT2D eigenvalue weighted by atomic mass is 16.3.